The molecule has 0 amide bonds. The molecule has 0 saturated heterocycles. The minimum absolute atomic E-state index is 0.252. The Hall–Kier alpha value is -1.96. The molecule has 0 spiro atoms. The van der Waals surface area contributed by atoms with Gasteiger partial charge >= 0.3 is 0 Å². The number of aryl methyl sites for hydroxylation is 1. The lowest BCUT2D eigenvalue weighted by Crippen LogP contribution is -1.91. The molecule has 17 heavy (non-hydrogen) atoms. The lowest BCUT2D eigenvalue weighted by atomic mass is 9.93. The van der Waals surface area contributed by atoms with Gasteiger partial charge < -0.3 is 10.2 Å². The second-order valence-corrected chi connectivity index (χ2v) is 4.35. The van der Waals surface area contributed by atoms with Crippen molar-refractivity contribution in [3.8, 4) is 22.6 Å². The number of hydrogen-bond acceptors (Lipinski definition) is 2. The number of aromatic hydroxyl groups is 2. The average Bonchev–Trinajstić information content (AvgIpc) is 2.30. The van der Waals surface area contributed by atoms with Gasteiger partial charge in [0.2, 0.25) is 0 Å². The van der Waals surface area contributed by atoms with Crippen molar-refractivity contribution in [2.45, 2.75) is 20.8 Å². The Kier molecular flexibility index (Phi) is 2.80. The maximum absolute atomic E-state index is 10.0. The summed E-state index contributed by atoms with van der Waals surface area (Å²) in [6.45, 7) is 5.84. The summed E-state index contributed by atoms with van der Waals surface area (Å²) in [5.74, 6) is 0.504. The van der Waals surface area contributed by atoms with Gasteiger partial charge in [0.05, 0.1) is 0 Å². The Morgan fingerprint density at radius 3 is 2.18 bits per heavy atom. The van der Waals surface area contributed by atoms with Crippen LogP contribution in [0.2, 0.25) is 0 Å². The Bertz CT molecular complexity index is 571. The summed E-state index contributed by atoms with van der Waals surface area (Å²) < 4.78 is 0. The van der Waals surface area contributed by atoms with Gasteiger partial charge in [0.25, 0.3) is 0 Å². The molecular formula is C15H16O2. The van der Waals surface area contributed by atoms with Crippen LogP contribution in [0.25, 0.3) is 11.1 Å². The number of hydrogen-bond donors (Lipinski definition) is 2. The van der Waals surface area contributed by atoms with Crippen molar-refractivity contribution in [2.75, 3.05) is 0 Å². The van der Waals surface area contributed by atoms with Gasteiger partial charge in [-0.1, -0.05) is 18.2 Å². The molecule has 0 fully saturated rings. The molecule has 0 aliphatic rings. The molecule has 2 aromatic carbocycles. The van der Waals surface area contributed by atoms with Crippen molar-refractivity contribution in [2.24, 2.45) is 0 Å². The highest BCUT2D eigenvalue weighted by molar-refractivity contribution is 5.78. The molecule has 0 atom stereocenters. The largest absolute Gasteiger partial charge is 0.508 e. The van der Waals surface area contributed by atoms with E-state index >= 15 is 0 Å². The zero-order valence-corrected chi connectivity index (χ0v) is 10.3. The Morgan fingerprint density at radius 1 is 0.765 bits per heavy atom. The van der Waals surface area contributed by atoms with E-state index in [-0.39, 0.29) is 11.5 Å². The van der Waals surface area contributed by atoms with Gasteiger partial charge in [-0.05, 0) is 55.2 Å². The van der Waals surface area contributed by atoms with Gasteiger partial charge in [0.1, 0.15) is 11.5 Å². The lowest BCUT2D eigenvalue weighted by molar-refractivity contribution is 0.470. The normalized spacial score (nSPS) is 10.5. The second kappa shape index (κ2) is 4.13. The molecule has 0 aliphatic carbocycles. The van der Waals surface area contributed by atoms with Crippen LogP contribution in [0, 0.1) is 20.8 Å². The lowest BCUT2D eigenvalue weighted by Gasteiger charge is -2.14. The zero-order chi connectivity index (χ0) is 12.6. The predicted octanol–water partition coefficient (Wildman–Crippen LogP) is 3.69. The van der Waals surface area contributed by atoms with Crippen molar-refractivity contribution in [1.82, 2.24) is 0 Å². The number of rotatable bonds is 1. The minimum Gasteiger partial charge on any atom is -0.508 e. The molecule has 2 heteroatoms. The third kappa shape index (κ3) is 1.86. The molecule has 2 nitrogen and oxygen atoms in total. The van der Waals surface area contributed by atoms with E-state index in [9.17, 15) is 10.2 Å². The van der Waals surface area contributed by atoms with Gasteiger partial charge in [-0.25, -0.2) is 0 Å². The highest BCUT2D eigenvalue weighted by Crippen LogP contribution is 2.38. The molecule has 0 radical (unpaired) electrons. The summed E-state index contributed by atoms with van der Waals surface area (Å²) in [7, 11) is 0. The van der Waals surface area contributed by atoms with Gasteiger partial charge in [-0.3, -0.25) is 0 Å². The number of benzene rings is 2. The average molecular weight is 228 g/mol. The van der Waals surface area contributed by atoms with E-state index in [2.05, 4.69) is 0 Å². The standard InChI is InChI=1S/C15H16O2/c1-9-7-8-14(17)15(10(9)2)12-5-4-6-13(16)11(12)3/h4-8,16-17H,1-3H3. The summed E-state index contributed by atoms with van der Waals surface area (Å²) in [6, 6.07) is 8.95. The van der Waals surface area contributed by atoms with Crippen molar-refractivity contribution in [1.29, 1.82) is 0 Å². The maximum Gasteiger partial charge on any atom is 0.123 e. The van der Waals surface area contributed by atoms with Crippen LogP contribution in [0.5, 0.6) is 11.5 Å². The summed E-state index contributed by atoms with van der Waals surface area (Å²) in [5.41, 5.74) is 4.64. The van der Waals surface area contributed by atoms with Crippen LogP contribution in [-0.4, -0.2) is 10.2 Å². The van der Waals surface area contributed by atoms with Crippen molar-refractivity contribution < 1.29 is 10.2 Å². The van der Waals surface area contributed by atoms with Gasteiger partial charge in [0.15, 0.2) is 0 Å². The van der Waals surface area contributed by atoms with E-state index in [0.717, 1.165) is 27.8 Å². The molecule has 2 N–H and O–H groups in total. The Morgan fingerprint density at radius 2 is 1.47 bits per heavy atom. The quantitative estimate of drug-likeness (QED) is 0.781. The third-order valence-corrected chi connectivity index (χ3v) is 3.29. The van der Waals surface area contributed by atoms with Crippen LogP contribution in [-0.2, 0) is 0 Å². The zero-order valence-electron chi connectivity index (χ0n) is 10.3. The van der Waals surface area contributed by atoms with Crippen molar-refractivity contribution >= 4 is 0 Å². The van der Waals surface area contributed by atoms with Gasteiger partial charge in [-0.2, -0.15) is 0 Å². The molecule has 0 bridgehead atoms. The van der Waals surface area contributed by atoms with Crippen LogP contribution in [0.1, 0.15) is 16.7 Å². The van der Waals surface area contributed by atoms with Crippen LogP contribution >= 0.6 is 0 Å². The monoisotopic (exact) mass is 228 g/mol. The highest BCUT2D eigenvalue weighted by atomic mass is 16.3. The molecule has 0 aliphatic heterocycles. The van der Waals surface area contributed by atoms with Crippen LogP contribution in [0.4, 0.5) is 0 Å². The fourth-order valence-corrected chi connectivity index (χ4v) is 2.04. The van der Waals surface area contributed by atoms with E-state index in [1.54, 1.807) is 18.2 Å². The fourth-order valence-electron chi connectivity index (χ4n) is 2.04. The first kappa shape index (κ1) is 11.5. The van der Waals surface area contributed by atoms with Crippen LogP contribution in [0.3, 0.4) is 0 Å². The van der Waals surface area contributed by atoms with E-state index in [1.165, 1.54) is 0 Å². The molecule has 2 aromatic rings. The van der Waals surface area contributed by atoms with Crippen molar-refractivity contribution in [3.63, 3.8) is 0 Å². The van der Waals surface area contributed by atoms with Crippen LogP contribution < -0.4 is 0 Å². The number of phenolic OH excluding ortho intramolecular Hbond substituents is 2. The smallest absolute Gasteiger partial charge is 0.123 e. The molecule has 0 saturated carbocycles. The van der Waals surface area contributed by atoms with Crippen molar-refractivity contribution in [3.05, 3.63) is 47.0 Å². The minimum atomic E-state index is 0.252. The molecule has 0 aromatic heterocycles. The van der Waals surface area contributed by atoms with Gasteiger partial charge in [0, 0.05) is 5.56 Å². The van der Waals surface area contributed by atoms with Gasteiger partial charge in [-0.15, -0.1) is 0 Å². The molecule has 2 rings (SSSR count). The first-order chi connectivity index (χ1) is 8.02. The van der Waals surface area contributed by atoms with E-state index in [1.807, 2.05) is 32.9 Å². The molecule has 0 unspecified atom stereocenters. The molecule has 0 heterocycles. The van der Waals surface area contributed by atoms with E-state index < -0.39 is 0 Å². The molecule has 88 valence electrons. The predicted molar refractivity (Wildman–Crippen MR) is 69.4 cm³/mol. The first-order valence-corrected chi connectivity index (χ1v) is 5.60. The summed E-state index contributed by atoms with van der Waals surface area (Å²) >= 11 is 0. The van der Waals surface area contributed by atoms with Crippen LogP contribution in [0.15, 0.2) is 30.3 Å². The summed E-state index contributed by atoms with van der Waals surface area (Å²) in [6.07, 6.45) is 0. The van der Waals surface area contributed by atoms with E-state index in [4.69, 9.17) is 0 Å². The van der Waals surface area contributed by atoms with E-state index in [0.29, 0.717) is 0 Å². The topological polar surface area (TPSA) is 40.5 Å². The highest BCUT2D eigenvalue weighted by Gasteiger charge is 2.13. The SMILES string of the molecule is Cc1ccc(O)c(-c2cccc(O)c2C)c1C. The molecular weight excluding hydrogens is 212 g/mol. The summed E-state index contributed by atoms with van der Waals surface area (Å²) in [4.78, 5) is 0. The number of phenols is 2. The second-order valence-electron chi connectivity index (χ2n) is 4.35. The Balaban J connectivity index is 2.77. The first-order valence-electron chi connectivity index (χ1n) is 5.60. The third-order valence-electron chi connectivity index (χ3n) is 3.29. The summed E-state index contributed by atoms with van der Waals surface area (Å²) in [5, 5.41) is 19.7. The Labute approximate surface area is 101 Å². The maximum atomic E-state index is 10.0. The fraction of sp³-hybridized carbons (Fsp3) is 0.200.